The summed E-state index contributed by atoms with van der Waals surface area (Å²) in [7, 11) is 0. The van der Waals surface area contributed by atoms with Crippen LogP contribution in [-0.2, 0) is 14.3 Å². The van der Waals surface area contributed by atoms with Gasteiger partial charge in [-0.3, -0.25) is 19.4 Å². The van der Waals surface area contributed by atoms with Crippen molar-refractivity contribution in [2.45, 2.75) is 69.7 Å². The van der Waals surface area contributed by atoms with Crippen molar-refractivity contribution in [3.63, 3.8) is 0 Å². The molecule has 0 aromatic heterocycles. The van der Waals surface area contributed by atoms with E-state index in [9.17, 15) is 9.59 Å². The highest BCUT2D eigenvalue weighted by Crippen LogP contribution is 2.21. The number of rotatable bonds is 7. The number of nitrogens with one attached hydrogen (secondary N) is 2. The van der Waals surface area contributed by atoms with Gasteiger partial charge in [-0.15, -0.1) is 0 Å². The Bertz CT molecular complexity index is 442. The molecule has 1 amide bonds. The van der Waals surface area contributed by atoms with Crippen molar-refractivity contribution in [2.75, 3.05) is 39.3 Å². The Balaban J connectivity index is 1.45. The molecule has 2 saturated heterocycles. The molecule has 3 rings (SSSR count). The Labute approximate surface area is 156 Å². The molecule has 1 saturated carbocycles. The Kier molecular flexibility index (Phi) is 7.70. The van der Waals surface area contributed by atoms with Gasteiger partial charge in [0.2, 0.25) is 6.41 Å². The monoisotopic (exact) mass is 366 g/mol. The zero-order valence-corrected chi connectivity index (χ0v) is 15.8. The predicted molar refractivity (Wildman–Crippen MR) is 99.6 cm³/mol. The molecule has 1 aliphatic carbocycles. The van der Waals surface area contributed by atoms with Gasteiger partial charge in [-0.1, -0.05) is 6.42 Å². The number of carbonyl (C=O) groups is 2. The van der Waals surface area contributed by atoms with E-state index in [-0.39, 0.29) is 24.7 Å². The summed E-state index contributed by atoms with van der Waals surface area (Å²) in [5.41, 5.74) is 0. The number of carbonyl (C=O) groups excluding carboxylic acids is 2. The first-order valence-corrected chi connectivity index (χ1v) is 10.3. The summed E-state index contributed by atoms with van der Waals surface area (Å²) < 4.78 is 5.64. The zero-order valence-electron chi connectivity index (χ0n) is 15.8. The predicted octanol–water partition coefficient (Wildman–Crippen LogP) is 0.694. The number of piperazine rings is 1. The number of hydrogen-bond donors (Lipinski definition) is 2. The lowest BCUT2D eigenvalue weighted by Crippen LogP contribution is -2.58. The van der Waals surface area contributed by atoms with E-state index in [0.717, 1.165) is 65.0 Å². The van der Waals surface area contributed by atoms with Crippen LogP contribution in [0.15, 0.2) is 0 Å². The lowest BCUT2D eigenvalue weighted by atomic mass is 9.98. The molecule has 0 spiro atoms. The molecule has 7 heteroatoms. The van der Waals surface area contributed by atoms with Crippen LogP contribution in [-0.4, -0.2) is 79.8 Å². The van der Waals surface area contributed by atoms with E-state index in [1.54, 1.807) is 0 Å². The molecule has 0 aromatic carbocycles. The van der Waals surface area contributed by atoms with Crippen LogP contribution in [0, 0.1) is 0 Å². The van der Waals surface area contributed by atoms with Crippen LogP contribution >= 0.6 is 0 Å². The minimum atomic E-state index is -0.251. The van der Waals surface area contributed by atoms with E-state index in [4.69, 9.17) is 4.74 Å². The van der Waals surface area contributed by atoms with Crippen LogP contribution in [0.3, 0.4) is 0 Å². The van der Waals surface area contributed by atoms with E-state index in [2.05, 4.69) is 20.4 Å². The summed E-state index contributed by atoms with van der Waals surface area (Å²) in [6, 6.07) is 0.673. The summed E-state index contributed by atoms with van der Waals surface area (Å²) in [5.74, 6) is -0.183. The summed E-state index contributed by atoms with van der Waals surface area (Å²) in [4.78, 5) is 28.1. The fraction of sp³-hybridized carbons (Fsp3) is 0.895. The molecule has 0 radical (unpaired) electrons. The van der Waals surface area contributed by atoms with Gasteiger partial charge in [-0.2, -0.15) is 0 Å². The fourth-order valence-electron chi connectivity index (χ4n) is 4.53. The molecule has 3 fully saturated rings. The maximum absolute atomic E-state index is 12.3. The number of ether oxygens (including phenoxy) is 1. The van der Waals surface area contributed by atoms with Gasteiger partial charge >= 0.3 is 5.97 Å². The Morgan fingerprint density at radius 3 is 2.42 bits per heavy atom. The van der Waals surface area contributed by atoms with Gasteiger partial charge in [-0.25, -0.2) is 0 Å². The fourth-order valence-corrected chi connectivity index (χ4v) is 4.53. The molecule has 3 aliphatic rings. The van der Waals surface area contributed by atoms with Crippen LogP contribution < -0.4 is 10.6 Å². The third-order valence-corrected chi connectivity index (χ3v) is 6.09. The quantitative estimate of drug-likeness (QED) is 0.510. The summed E-state index contributed by atoms with van der Waals surface area (Å²) in [6.07, 6.45) is 8.68. The minimum Gasteiger partial charge on any atom is -0.462 e. The molecule has 1 atom stereocenters. The molecule has 2 aliphatic heterocycles. The lowest BCUT2D eigenvalue weighted by Gasteiger charge is -2.43. The minimum absolute atomic E-state index is 0.0740. The van der Waals surface area contributed by atoms with Crippen molar-refractivity contribution in [1.29, 1.82) is 0 Å². The van der Waals surface area contributed by atoms with E-state index in [0.29, 0.717) is 12.5 Å². The molecule has 7 nitrogen and oxygen atoms in total. The van der Waals surface area contributed by atoms with Crippen molar-refractivity contribution >= 4 is 12.4 Å². The van der Waals surface area contributed by atoms with Crippen LogP contribution in [0.2, 0.25) is 0 Å². The number of esters is 1. The van der Waals surface area contributed by atoms with Crippen molar-refractivity contribution in [3.8, 4) is 0 Å². The van der Waals surface area contributed by atoms with Crippen molar-refractivity contribution < 1.29 is 14.3 Å². The van der Waals surface area contributed by atoms with Crippen LogP contribution in [0.1, 0.15) is 51.4 Å². The number of hydrogen-bond acceptors (Lipinski definition) is 6. The number of piperidine rings is 1. The van der Waals surface area contributed by atoms with Crippen LogP contribution in [0.4, 0.5) is 0 Å². The van der Waals surface area contributed by atoms with Gasteiger partial charge in [-0.05, 0) is 51.6 Å². The molecule has 1 unspecified atom stereocenters. The van der Waals surface area contributed by atoms with E-state index in [1.165, 1.54) is 19.3 Å². The van der Waals surface area contributed by atoms with E-state index >= 15 is 0 Å². The standard InChI is InChI=1S/C19H34N4O3/c24-15-21-18(14-19(25)26-17-4-2-1-3-5-17)23-12-10-22(11-13-23)16-6-8-20-9-7-16/h15-18,20H,1-14H2,(H,21,24). The Morgan fingerprint density at radius 2 is 1.77 bits per heavy atom. The molecule has 2 heterocycles. The first kappa shape index (κ1) is 19.6. The third kappa shape index (κ3) is 5.66. The molecule has 0 aromatic rings. The summed E-state index contributed by atoms with van der Waals surface area (Å²) in [5, 5.41) is 6.25. The highest BCUT2D eigenvalue weighted by Gasteiger charge is 2.30. The average Bonchev–Trinajstić information content (AvgIpc) is 2.69. The van der Waals surface area contributed by atoms with Gasteiger partial charge in [0, 0.05) is 32.2 Å². The first-order chi connectivity index (χ1) is 12.8. The smallest absolute Gasteiger partial charge is 0.309 e. The second kappa shape index (κ2) is 10.2. The molecule has 26 heavy (non-hydrogen) atoms. The van der Waals surface area contributed by atoms with E-state index < -0.39 is 0 Å². The summed E-state index contributed by atoms with van der Waals surface area (Å²) >= 11 is 0. The topological polar surface area (TPSA) is 73.9 Å². The average molecular weight is 367 g/mol. The number of nitrogens with zero attached hydrogens (tertiary/aromatic N) is 2. The van der Waals surface area contributed by atoms with E-state index in [1.807, 2.05) is 0 Å². The van der Waals surface area contributed by atoms with Crippen molar-refractivity contribution in [1.82, 2.24) is 20.4 Å². The van der Waals surface area contributed by atoms with Gasteiger partial charge in [0.1, 0.15) is 6.10 Å². The lowest BCUT2D eigenvalue weighted by molar-refractivity contribution is -0.152. The zero-order chi connectivity index (χ0) is 18.2. The maximum Gasteiger partial charge on any atom is 0.309 e. The molecule has 148 valence electrons. The van der Waals surface area contributed by atoms with Gasteiger partial charge in [0.05, 0.1) is 12.6 Å². The highest BCUT2D eigenvalue weighted by atomic mass is 16.5. The Morgan fingerprint density at radius 1 is 1.08 bits per heavy atom. The third-order valence-electron chi connectivity index (χ3n) is 6.09. The first-order valence-electron chi connectivity index (χ1n) is 10.3. The molecule has 2 N–H and O–H groups in total. The second-order valence-corrected chi connectivity index (χ2v) is 7.81. The molecular weight excluding hydrogens is 332 g/mol. The normalized spacial score (nSPS) is 25.5. The Hall–Kier alpha value is -1.18. The van der Waals surface area contributed by atoms with Gasteiger partial charge < -0.3 is 15.4 Å². The van der Waals surface area contributed by atoms with Crippen molar-refractivity contribution in [3.05, 3.63) is 0 Å². The highest BCUT2D eigenvalue weighted by molar-refractivity contribution is 5.70. The van der Waals surface area contributed by atoms with Crippen LogP contribution in [0.25, 0.3) is 0 Å². The summed E-state index contributed by atoms with van der Waals surface area (Å²) in [6.45, 7) is 5.97. The maximum atomic E-state index is 12.3. The van der Waals surface area contributed by atoms with Gasteiger partial charge in [0.15, 0.2) is 0 Å². The van der Waals surface area contributed by atoms with Crippen molar-refractivity contribution in [2.24, 2.45) is 0 Å². The largest absolute Gasteiger partial charge is 0.462 e. The molecular formula is C19H34N4O3. The van der Waals surface area contributed by atoms with Crippen LogP contribution in [0.5, 0.6) is 0 Å². The van der Waals surface area contributed by atoms with Gasteiger partial charge in [0.25, 0.3) is 0 Å². The molecule has 0 bridgehead atoms. The SMILES string of the molecule is O=CNC(CC(=O)OC1CCCCC1)N1CCN(C2CCNCC2)CC1. The number of amides is 1. The second-order valence-electron chi connectivity index (χ2n) is 7.81.